The molecule has 2 aromatic carbocycles. The number of aryl methyl sites for hydroxylation is 1. The minimum atomic E-state index is -0.227. The smallest absolute Gasteiger partial charge is 0.272 e. The summed E-state index contributed by atoms with van der Waals surface area (Å²) < 4.78 is 1.28. The van der Waals surface area contributed by atoms with E-state index in [0.717, 1.165) is 5.56 Å². The van der Waals surface area contributed by atoms with Crippen molar-refractivity contribution in [2.75, 3.05) is 4.90 Å². The molecule has 2 heterocycles. The van der Waals surface area contributed by atoms with E-state index >= 15 is 0 Å². The molecule has 0 aliphatic carbocycles. The molecule has 31 heavy (non-hydrogen) atoms. The van der Waals surface area contributed by atoms with Gasteiger partial charge in [-0.3, -0.25) is 19.6 Å². The fraction of sp³-hybridized carbons (Fsp3) is 0.250. The minimum absolute atomic E-state index is 0.214. The normalized spacial score (nSPS) is 11.3. The van der Waals surface area contributed by atoms with Crippen molar-refractivity contribution in [2.24, 2.45) is 0 Å². The van der Waals surface area contributed by atoms with E-state index < -0.39 is 0 Å². The van der Waals surface area contributed by atoms with Crippen LogP contribution in [0.1, 0.15) is 52.5 Å². The van der Waals surface area contributed by atoms with Crippen molar-refractivity contribution < 1.29 is 4.79 Å². The fourth-order valence-electron chi connectivity index (χ4n) is 3.38. The first-order valence-electron chi connectivity index (χ1n) is 10.3. The average molecular weight is 415 g/mol. The van der Waals surface area contributed by atoms with Gasteiger partial charge in [0.05, 0.1) is 6.54 Å². The summed E-state index contributed by atoms with van der Waals surface area (Å²) in [5.74, 6) is 0.727. The lowest BCUT2D eigenvalue weighted by molar-refractivity contribution is 0.0983. The Labute approximate surface area is 180 Å². The SMILES string of the molecule is Cc1nc2nc(N(Cc3ccc(C(C)C)cc3)C(=O)c3ccccc3)[nH]n2c(=O)c1C. The molecule has 0 saturated heterocycles. The van der Waals surface area contributed by atoms with Crippen LogP contribution < -0.4 is 10.5 Å². The zero-order valence-corrected chi connectivity index (χ0v) is 18.1. The van der Waals surface area contributed by atoms with Gasteiger partial charge in [0, 0.05) is 16.8 Å². The molecule has 7 nitrogen and oxygen atoms in total. The highest BCUT2D eigenvalue weighted by Gasteiger charge is 2.23. The summed E-state index contributed by atoms with van der Waals surface area (Å²) in [6, 6.07) is 17.2. The molecule has 1 N–H and O–H groups in total. The number of aromatic amines is 1. The number of amides is 1. The molecular weight excluding hydrogens is 390 g/mol. The topological polar surface area (TPSA) is 83.4 Å². The van der Waals surface area contributed by atoms with Gasteiger partial charge in [-0.2, -0.15) is 9.50 Å². The van der Waals surface area contributed by atoms with Crippen LogP contribution in [0.2, 0.25) is 0 Å². The Morgan fingerprint density at radius 2 is 1.71 bits per heavy atom. The highest BCUT2D eigenvalue weighted by atomic mass is 16.2. The third kappa shape index (κ3) is 3.99. The number of H-pyrrole nitrogens is 1. The van der Waals surface area contributed by atoms with Crippen LogP contribution >= 0.6 is 0 Å². The molecule has 0 saturated carbocycles. The number of carbonyl (C=O) groups is 1. The molecule has 0 aliphatic rings. The van der Waals surface area contributed by atoms with E-state index in [0.29, 0.717) is 29.3 Å². The van der Waals surface area contributed by atoms with Gasteiger partial charge in [-0.25, -0.2) is 4.98 Å². The van der Waals surface area contributed by atoms with Gasteiger partial charge in [0.1, 0.15) is 0 Å². The number of nitrogens with zero attached hydrogens (tertiary/aromatic N) is 4. The van der Waals surface area contributed by atoms with Crippen LogP contribution in [0.15, 0.2) is 59.4 Å². The summed E-state index contributed by atoms with van der Waals surface area (Å²) in [6.45, 7) is 8.08. The molecule has 0 unspecified atom stereocenters. The predicted molar refractivity (Wildman–Crippen MR) is 121 cm³/mol. The summed E-state index contributed by atoms with van der Waals surface area (Å²) in [6.07, 6.45) is 0. The number of nitrogens with one attached hydrogen (secondary N) is 1. The number of aromatic nitrogens is 4. The predicted octanol–water partition coefficient (Wildman–Crippen LogP) is 4.00. The van der Waals surface area contributed by atoms with Gasteiger partial charge in [0.2, 0.25) is 5.95 Å². The Morgan fingerprint density at radius 1 is 1.03 bits per heavy atom. The molecule has 0 spiro atoms. The van der Waals surface area contributed by atoms with Crippen molar-refractivity contribution in [2.45, 2.75) is 40.2 Å². The van der Waals surface area contributed by atoms with Crippen molar-refractivity contribution in [3.8, 4) is 0 Å². The third-order valence-electron chi connectivity index (χ3n) is 5.46. The van der Waals surface area contributed by atoms with Gasteiger partial charge in [0.25, 0.3) is 17.2 Å². The van der Waals surface area contributed by atoms with Crippen molar-refractivity contribution in [1.29, 1.82) is 0 Å². The van der Waals surface area contributed by atoms with Crippen LogP contribution in [0.3, 0.4) is 0 Å². The number of carbonyl (C=O) groups excluding carboxylic acids is 1. The lowest BCUT2D eigenvalue weighted by atomic mass is 10.0. The van der Waals surface area contributed by atoms with Crippen LogP contribution in [0, 0.1) is 13.8 Å². The summed E-state index contributed by atoms with van der Waals surface area (Å²) in [5, 5.41) is 2.97. The fourth-order valence-corrected chi connectivity index (χ4v) is 3.38. The van der Waals surface area contributed by atoms with Crippen LogP contribution in [-0.2, 0) is 6.54 Å². The summed E-state index contributed by atoms with van der Waals surface area (Å²) in [4.78, 5) is 36.4. The van der Waals surface area contributed by atoms with Crippen LogP contribution in [-0.4, -0.2) is 25.5 Å². The summed E-state index contributed by atoms with van der Waals surface area (Å²) >= 11 is 0. The quantitative estimate of drug-likeness (QED) is 0.534. The number of fused-ring (bicyclic) bond motifs is 1. The van der Waals surface area contributed by atoms with E-state index in [-0.39, 0.29) is 23.2 Å². The van der Waals surface area contributed by atoms with Gasteiger partial charge in [-0.15, -0.1) is 0 Å². The molecule has 4 aromatic rings. The van der Waals surface area contributed by atoms with E-state index in [1.54, 1.807) is 30.9 Å². The molecule has 0 aliphatic heterocycles. The Balaban J connectivity index is 1.78. The molecule has 0 fully saturated rings. The standard InChI is InChI=1S/C24H25N5O2/c1-15(2)19-12-10-18(11-13-19)14-28(22(31)20-8-6-5-7-9-20)24-26-23-25-17(4)16(3)21(30)29(23)27-24/h5-13,15H,14H2,1-4H3,(H,25,26,27). The van der Waals surface area contributed by atoms with Crippen LogP contribution in [0.5, 0.6) is 0 Å². The van der Waals surface area contributed by atoms with E-state index in [9.17, 15) is 9.59 Å². The zero-order valence-electron chi connectivity index (χ0n) is 18.1. The second-order valence-electron chi connectivity index (χ2n) is 7.96. The maximum Gasteiger partial charge on any atom is 0.277 e. The highest BCUT2D eigenvalue weighted by Crippen LogP contribution is 2.20. The molecule has 1 amide bonds. The molecule has 7 heteroatoms. The molecule has 158 valence electrons. The van der Waals surface area contributed by atoms with E-state index in [1.807, 2.05) is 30.3 Å². The maximum absolute atomic E-state index is 13.4. The van der Waals surface area contributed by atoms with Crippen molar-refractivity contribution in [3.63, 3.8) is 0 Å². The van der Waals surface area contributed by atoms with Gasteiger partial charge in [-0.05, 0) is 43.0 Å². The molecule has 2 aromatic heterocycles. The van der Waals surface area contributed by atoms with Gasteiger partial charge in [0.15, 0.2) is 0 Å². The van der Waals surface area contributed by atoms with Crippen molar-refractivity contribution >= 4 is 17.6 Å². The average Bonchev–Trinajstić information content (AvgIpc) is 3.20. The second kappa shape index (κ2) is 8.18. The molecule has 0 bridgehead atoms. The van der Waals surface area contributed by atoms with Crippen LogP contribution in [0.25, 0.3) is 5.78 Å². The second-order valence-corrected chi connectivity index (χ2v) is 7.96. The molecule has 4 rings (SSSR count). The first-order chi connectivity index (χ1) is 14.8. The Morgan fingerprint density at radius 3 is 2.35 bits per heavy atom. The van der Waals surface area contributed by atoms with Gasteiger partial charge in [-0.1, -0.05) is 56.3 Å². The molecule has 0 radical (unpaired) electrons. The zero-order chi connectivity index (χ0) is 22.1. The Kier molecular flexibility index (Phi) is 5.42. The monoisotopic (exact) mass is 415 g/mol. The maximum atomic E-state index is 13.4. The lowest BCUT2D eigenvalue weighted by Gasteiger charge is -2.20. The summed E-state index contributed by atoms with van der Waals surface area (Å²) in [5.41, 5.74) is 3.66. The minimum Gasteiger partial charge on any atom is -0.272 e. The number of hydrogen-bond acceptors (Lipinski definition) is 4. The summed E-state index contributed by atoms with van der Waals surface area (Å²) in [7, 11) is 0. The molecule has 0 atom stereocenters. The highest BCUT2D eigenvalue weighted by molar-refractivity contribution is 6.05. The first-order valence-corrected chi connectivity index (χ1v) is 10.3. The van der Waals surface area contributed by atoms with Gasteiger partial charge < -0.3 is 0 Å². The number of hydrogen-bond donors (Lipinski definition) is 1. The van der Waals surface area contributed by atoms with E-state index in [4.69, 9.17) is 0 Å². The van der Waals surface area contributed by atoms with E-state index in [2.05, 4.69) is 41.0 Å². The Bertz CT molecular complexity index is 1290. The first kappa shape index (κ1) is 20.5. The number of anilines is 1. The van der Waals surface area contributed by atoms with E-state index in [1.165, 1.54) is 10.1 Å². The molecular formula is C24H25N5O2. The third-order valence-corrected chi connectivity index (χ3v) is 5.46. The van der Waals surface area contributed by atoms with Crippen molar-refractivity contribution in [3.05, 3.63) is 92.9 Å². The Hall–Kier alpha value is -3.74. The number of benzene rings is 2. The number of rotatable bonds is 5. The lowest BCUT2D eigenvalue weighted by Crippen LogP contribution is -2.31. The van der Waals surface area contributed by atoms with Crippen molar-refractivity contribution in [1.82, 2.24) is 19.6 Å². The van der Waals surface area contributed by atoms with Gasteiger partial charge >= 0.3 is 0 Å². The van der Waals surface area contributed by atoms with Crippen LogP contribution in [0.4, 0.5) is 5.95 Å². The largest absolute Gasteiger partial charge is 0.277 e.